The third-order valence-corrected chi connectivity index (χ3v) is 3.06. The maximum absolute atomic E-state index is 13.0. The summed E-state index contributed by atoms with van der Waals surface area (Å²) in [5.74, 6) is -0.127. The lowest BCUT2D eigenvalue weighted by molar-refractivity contribution is 0.499. The van der Waals surface area contributed by atoms with Gasteiger partial charge in [0.2, 0.25) is 0 Å². The lowest BCUT2D eigenvalue weighted by Crippen LogP contribution is -2.17. The molecule has 0 saturated heterocycles. The predicted molar refractivity (Wildman–Crippen MR) is 59.1 cm³/mol. The van der Waals surface area contributed by atoms with Crippen LogP contribution in [0.2, 0.25) is 0 Å². The molecule has 0 aliphatic heterocycles. The molecule has 1 aromatic rings. The molecular formula is C13H19F. The van der Waals surface area contributed by atoms with E-state index in [1.54, 1.807) is 12.1 Å². The molecule has 1 heteroatoms. The van der Waals surface area contributed by atoms with E-state index in [4.69, 9.17) is 0 Å². The molecule has 0 aliphatic carbocycles. The summed E-state index contributed by atoms with van der Waals surface area (Å²) < 4.78 is 13.0. The van der Waals surface area contributed by atoms with E-state index in [1.807, 2.05) is 6.07 Å². The average molecular weight is 194 g/mol. The SMILES string of the molecule is CCc1cc(F)ccc1C(C)(C)CC. The van der Waals surface area contributed by atoms with Gasteiger partial charge in [-0.15, -0.1) is 0 Å². The lowest BCUT2D eigenvalue weighted by atomic mass is 9.79. The summed E-state index contributed by atoms with van der Waals surface area (Å²) in [6.07, 6.45) is 1.97. The van der Waals surface area contributed by atoms with E-state index in [9.17, 15) is 4.39 Å². The van der Waals surface area contributed by atoms with Crippen molar-refractivity contribution in [3.8, 4) is 0 Å². The van der Waals surface area contributed by atoms with E-state index in [2.05, 4.69) is 27.7 Å². The van der Waals surface area contributed by atoms with Gasteiger partial charge in [-0.05, 0) is 41.5 Å². The summed E-state index contributed by atoms with van der Waals surface area (Å²) in [4.78, 5) is 0. The Balaban J connectivity index is 3.20. The van der Waals surface area contributed by atoms with Crippen LogP contribution in [0, 0.1) is 5.82 Å². The minimum absolute atomic E-state index is 0.127. The highest BCUT2D eigenvalue weighted by molar-refractivity contribution is 5.33. The number of hydrogen-bond donors (Lipinski definition) is 0. The first-order valence-electron chi connectivity index (χ1n) is 5.30. The van der Waals surface area contributed by atoms with Crippen molar-refractivity contribution in [3.63, 3.8) is 0 Å². The van der Waals surface area contributed by atoms with Crippen LogP contribution in [0.5, 0.6) is 0 Å². The van der Waals surface area contributed by atoms with Gasteiger partial charge in [0.15, 0.2) is 0 Å². The number of rotatable bonds is 3. The predicted octanol–water partition coefficient (Wildman–Crippen LogP) is 4.08. The van der Waals surface area contributed by atoms with Crippen molar-refractivity contribution in [2.45, 2.75) is 46.0 Å². The van der Waals surface area contributed by atoms with Crippen LogP contribution in [-0.2, 0) is 11.8 Å². The van der Waals surface area contributed by atoms with Gasteiger partial charge in [-0.3, -0.25) is 0 Å². The van der Waals surface area contributed by atoms with Crippen molar-refractivity contribution in [2.24, 2.45) is 0 Å². The second-order valence-electron chi connectivity index (χ2n) is 4.39. The molecule has 0 amide bonds. The monoisotopic (exact) mass is 194 g/mol. The summed E-state index contributed by atoms with van der Waals surface area (Å²) in [5, 5.41) is 0. The van der Waals surface area contributed by atoms with Crippen LogP contribution in [0.15, 0.2) is 18.2 Å². The van der Waals surface area contributed by atoms with Gasteiger partial charge >= 0.3 is 0 Å². The van der Waals surface area contributed by atoms with Crippen LogP contribution < -0.4 is 0 Å². The fourth-order valence-electron chi connectivity index (χ4n) is 1.71. The van der Waals surface area contributed by atoms with Gasteiger partial charge in [0, 0.05) is 0 Å². The van der Waals surface area contributed by atoms with E-state index < -0.39 is 0 Å². The molecule has 78 valence electrons. The number of hydrogen-bond acceptors (Lipinski definition) is 0. The van der Waals surface area contributed by atoms with Crippen LogP contribution in [0.1, 0.15) is 45.2 Å². The maximum Gasteiger partial charge on any atom is 0.123 e. The lowest BCUT2D eigenvalue weighted by Gasteiger charge is -2.26. The number of benzene rings is 1. The van der Waals surface area contributed by atoms with Crippen LogP contribution in [0.3, 0.4) is 0 Å². The first-order valence-corrected chi connectivity index (χ1v) is 5.30. The molecule has 1 aromatic carbocycles. The van der Waals surface area contributed by atoms with Crippen molar-refractivity contribution >= 4 is 0 Å². The van der Waals surface area contributed by atoms with E-state index in [1.165, 1.54) is 5.56 Å². The summed E-state index contributed by atoms with van der Waals surface area (Å²) >= 11 is 0. The zero-order valence-electron chi connectivity index (χ0n) is 9.52. The highest BCUT2D eigenvalue weighted by atomic mass is 19.1. The summed E-state index contributed by atoms with van der Waals surface area (Å²) in [5.41, 5.74) is 2.57. The Bertz CT molecular complexity index is 313. The Morgan fingerprint density at radius 3 is 2.36 bits per heavy atom. The first kappa shape index (κ1) is 11.2. The molecule has 0 heterocycles. The molecule has 0 spiro atoms. The Labute approximate surface area is 86.2 Å². The smallest absolute Gasteiger partial charge is 0.123 e. The van der Waals surface area contributed by atoms with Gasteiger partial charge in [0.05, 0.1) is 0 Å². The van der Waals surface area contributed by atoms with Crippen LogP contribution in [0.25, 0.3) is 0 Å². The molecule has 0 nitrogen and oxygen atoms in total. The highest BCUT2D eigenvalue weighted by Gasteiger charge is 2.20. The Kier molecular flexibility index (Phi) is 3.30. The standard InChI is InChI=1S/C13H19F/c1-5-10-9-11(14)7-8-12(10)13(3,4)6-2/h7-9H,5-6H2,1-4H3. The average Bonchev–Trinajstić information content (AvgIpc) is 2.17. The quantitative estimate of drug-likeness (QED) is 0.680. The Morgan fingerprint density at radius 1 is 1.21 bits per heavy atom. The van der Waals surface area contributed by atoms with Gasteiger partial charge in [-0.1, -0.05) is 33.8 Å². The molecule has 0 aliphatic rings. The topological polar surface area (TPSA) is 0 Å². The molecule has 1 rings (SSSR count). The second-order valence-corrected chi connectivity index (χ2v) is 4.39. The molecule has 0 aromatic heterocycles. The zero-order chi connectivity index (χ0) is 10.8. The molecule has 0 N–H and O–H groups in total. The summed E-state index contributed by atoms with van der Waals surface area (Å²) in [6, 6.07) is 5.15. The van der Waals surface area contributed by atoms with E-state index >= 15 is 0 Å². The van der Waals surface area contributed by atoms with Crippen molar-refractivity contribution in [1.29, 1.82) is 0 Å². The first-order chi connectivity index (χ1) is 6.51. The van der Waals surface area contributed by atoms with Crippen LogP contribution in [-0.4, -0.2) is 0 Å². The fourth-order valence-corrected chi connectivity index (χ4v) is 1.71. The van der Waals surface area contributed by atoms with Crippen molar-refractivity contribution in [2.75, 3.05) is 0 Å². The Morgan fingerprint density at radius 2 is 1.86 bits per heavy atom. The fraction of sp³-hybridized carbons (Fsp3) is 0.538. The molecule has 14 heavy (non-hydrogen) atoms. The third-order valence-electron chi connectivity index (χ3n) is 3.06. The van der Waals surface area contributed by atoms with E-state index in [0.29, 0.717) is 0 Å². The van der Waals surface area contributed by atoms with Crippen LogP contribution >= 0.6 is 0 Å². The van der Waals surface area contributed by atoms with Crippen molar-refractivity contribution in [3.05, 3.63) is 35.1 Å². The number of halogens is 1. The zero-order valence-corrected chi connectivity index (χ0v) is 9.52. The van der Waals surface area contributed by atoms with Gasteiger partial charge < -0.3 is 0 Å². The van der Waals surface area contributed by atoms with Gasteiger partial charge in [-0.25, -0.2) is 4.39 Å². The van der Waals surface area contributed by atoms with Gasteiger partial charge in [-0.2, -0.15) is 0 Å². The molecule has 0 fully saturated rings. The molecule has 0 unspecified atom stereocenters. The molecular weight excluding hydrogens is 175 g/mol. The normalized spacial score (nSPS) is 11.8. The molecule has 0 radical (unpaired) electrons. The minimum Gasteiger partial charge on any atom is -0.207 e. The van der Waals surface area contributed by atoms with Gasteiger partial charge in [0.25, 0.3) is 0 Å². The van der Waals surface area contributed by atoms with Crippen molar-refractivity contribution in [1.82, 2.24) is 0 Å². The minimum atomic E-state index is -0.127. The van der Waals surface area contributed by atoms with Crippen LogP contribution in [0.4, 0.5) is 4.39 Å². The molecule has 0 bridgehead atoms. The summed E-state index contributed by atoms with van der Waals surface area (Å²) in [6.45, 7) is 8.66. The Hall–Kier alpha value is -0.850. The molecule has 0 saturated carbocycles. The number of aryl methyl sites for hydroxylation is 1. The van der Waals surface area contributed by atoms with E-state index in [0.717, 1.165) is 18.4 Å². The highest BCUT2D eigenvalue weighted by Crippen LogP contribution is 2.30. The second kappa shape index (κ2) is 4.12. The summed E-state index contributed by atoms with van der Waals surface area (Å²) in [7, 11) is 0. The van der Waals surface area contributed by atoms with Gasteiger partial charge in [0.1, 0.15) is 5.82 Å². The maximum atomic E-state index is 13.0. The third kappa shape index (κ3) is 2.14. The largest absolute Gasteiger partial charge is 0.207 e. The van der Waals surface area contributed by atoms with Crippen molar-refractivity contribution < 1.29 is 4.39 Å². The van der Waals surface area contributed by atoms with E-state index in [-0.39, 0.29) is 11.2 Å². The molecule has 0 atom stereocenters.